The van der Waals surface area contributed by atoms with Crippen LogP contribution in [-0.2, 0) is 42.8 Å². The van der Waals surface area contributed by atoms with Gasteiger partial charge in [0.25, 0.3) is 0 Å². The minimum atomic E-state index is -1.11. The van der Waals surface area contributed by atoms with Crippen LogP contribution in [0.25, 0.3) is 0 Å². The second kappa shape index (κ2) is 64.5. The number of rotatable bonds is 56. The highest BCUT2D eigenvalue weighted by Gasteiger charge is 2.28. The van der Waals surface area contributed by atoms with Crippen molar-refractivity contribution in [2.24, 2.45) is 0 Å². The first-order valence-corrected chi connectivity index (χ1v) is 32.6. The average molecular weight is 1160 g/mol. The molecule has 3 unspecified atom stereocenters. The summed E-state index contributed by atoms with van der Waals surface area (Å²) in [6, 6.07) is 0. The number of hydrogen-bond donors (Lipinski definition) is 0. The zero-order valence-corrected chi connectivity index (χ0v) is 53.4. The second-order valence-corrected chi connectivity index (χ2v) is 20.4. The Morgan fingerprint density at radius 1 is 0.274 bits per heavy atom. The van der Waals surface area contributed by atoms with Crippen LogP contribution in [0.15, 0.2) is 183 Å². The van der Waals surface area contributed by atoms with Crippen LogP contribution < -0.4 is 0 Å². The SMILES string of the molecule is CC/C=C\C/C=C\CCCC/C=C\C/C=C\CC/C=C/OC(CC)C(=O)OCC(COC(=O)C(CC)O/C=C/CC/C=C\C/C=C\CCCC/C=C\C/C=C\CC)OC(=O)C(CC)O/C=C/CC/C=C\C/C=C\CCCC/C=C\C/C=C\CC. The van der Waals surface area contributed by atoms with Gasteiger partial charge in [-0.15, -0.1) is 0 Å². The van der Waals surface area contributed by atoms with Crippen molar-refractivity contribution in [1.82, 2.24) is 0 Å². The minimum absolute atomic E-state index is 0.331. The molecule has 0 aliphatic heterocycles. The highest BCUT2D eigenvalue weighted by molar-refractivity contribution is 5.76. The van der Waals surface area contributed by atoms with E-state index in [2.05, 4.69) is 167 Å². The fourth-order valence-electron chi connectivity index (χ4n) is 7.84. The first kappa shape index (κ1) is 77.9. The van der Waals surface area contributed by atoms with Crippen LogP contribution in [0, 0.1) is 0 Å². The lowest BCUT2D eigenvalue weighted by molar-refractivity contribution is -0.177. The Morgan fingerprint density at radius 2 is 0.500 bits per heavy atom. The lowest BCUT2D eigenvalue weighted by atomic mass is 10.1. The van der Waals surface area contributed by atoms with E-state index in [0.29, 0.717) is 19.3 Å². The number of carbonyl (C=O) groups excluding carboxylic acids is 3. The lowest BCUT2D eigenvalue weighted by Gasteiger charge is -2.23. The third-order valence-electron chi connectivity index (χ3n) is 12.8. The van der Waals surface area contributed by atoms with Crippen LogP contribution in [0.3, 0.4) is 0 Å². The van der Waals surface area contributed by atoms with Gasteiger partial charge >= 0.3 is 17.9 Å². The van der Waals surface area contributed by atoms with Crippen molar-refractivity contribution in [1.29, 1.82) is 0 Å². The maximum Gasteiger partial charge on any atom is 0.347 e. The zero-order chi connectivity index (χ0) is 61.1. The van der Waals surface area contributed by atoms with Gasteiger partial charge in [-0.25, -0.2) is 14.4 Å². The van der Waals surface area contributed by atoms with Gasteiger partial charge in [0.1, 0.15) is 13.2 Å². The summed E-state index contributed by atoms with van der Waals surface area (Å²) in [5, 5.41) is 0. The van der Waals surface area contributed by atoms with Gasteiger partial charge in [-0.3, -0.25) is 0 Å². The van der Waals surface area contributed by atoms with E-state index in [4.69, 9.17) is 28.4 Å². The molecule has 0 aromatic heterocycles. The summed E-state index contributed by atoms with van der Waals surface area (Å²) >= 11 is 0. The summed E-state index contributed by atoms with van der Waals surface area (Å²) in [5.41, 5.74) is 0. The van der Waals surface area contributed by atoms with Gasteiger partial charge < -0.3 is 28.4 Å². The van der Waals surface area contributed by atoms with Gasteiger partial charge in [-0.1, -0.05) is 187 Å². The molecular weight excluding hydrogens is 1040 g/mol. The molecule has 0 aliphatic carbocycles. The molecule has 0 aromatic carbocycles. The first-order chi connectivity index (χ1) is 41.4. The Morgan fingerprint density at radius 3 is 0.750 bits per heavy atom. The van der Waals surface area contributed by atoms with Gasteiger partial charge in [0.15, 0.2) is 24.4 Å². The van der Waals surface area contributed by atoms with Crippen LogP contribution in [0.5, 0.6) is 0 Å². The number of esters is 3. The van der Waals surface area contributed by atoms with Crippen molar-refractivity contribution in [3.05, 3.63) is 183 Å². The molecule has 0 saturated heterocycles. The molecule has 0 fully saturated rings. The predicted molar refractivity (Wildman–Crippen MR) is 356 cm³/mol. The number of carbonyl (C=O) groups is 3. The van der Waals surface area contributed by atoms with E-state index in [0.717, 1.165) is 135 Å². The molecule has 0 N–H and O–H groups in total. The van der Waals surface area contributed by atoms with E-state index >= 15 is 0 Å². The Labute approximate surface area is 513 Å². The molecule has 0 heterocycles. The van der Waals surface area contributed by atoms with E-state index in [1.165, 1.54) is 57.3 Å². The Hall–Kier alpha value is -6.09. The smallest absolute Gasteiger partial charge is 0.347 e. The molecule has 0 bridgehead atoms. The predicted octanol–water partition coefficient (Wildman–Crippen LogP) is 21.2. The molecule has 0 aromatic rings. The number of hydrogen-bond acceptors (Lipinski definition) is 9. The summed E-state index contributed by atoms with van der Waals surface area (Å²) in [7, 11) is 0. The molecule has 0 aliphatic rings. The number of ether oxygens (including phenoxy) is 6. The first-order valence-electron chi connectivity index (χ1n) is 32.6. The van der Waals surface area contributed by atoms with Crippen LogP contribution >= 0.6 is 0 Å². The van der Waals surface area contributed by atoms with E-state index in [1.807, 2.05) is 39.0 Å². The zero-order valence-electron chi connectivity index (χ0n) is 53.4. The van der Waals surface area contributed by atoms with Gasteiger partial charge in [0.2, 0.25) is 0 Å². The average Bonchev–Trinajstić information content (AvgIpc) is 3.59. The maximum absolute atomic E-state index is 13.5. The summed E-state index contributed by atoms with van der Waals surface area (Å²) < 4.78 is 34.5. The van der Waals surface area contributed by atoms with Crippen molar-refractivity contribution in [2.75, 3.05) is 13.2 Å². The molecule has 0 rings (SSSR count). The van der Waals surface area contributed by atoms with Crippen LogP contribution in [0.2, 0.25) is 0 Å². The van der Waals surface area contributed by atoms with E-state index in [9.17, 15) is 14.4 Å². The second-order valence-electron chi connectivity index (χ2n) is 20.4. The topological polar surface area (TPSA) is 107 Å². The molecule has 470 valence electrons. The van der Waals surface area contributed by atoms with Gasteiger partial charge in [-0.05, 0) is 211 Å². The maximum atomic E-state index is 13.5. The van der Waals surface area contributed by atoms with Crippen molar-refractivity contribution >= 4 is 17.9 Å². The van der Waals surface area contributed by atoms with Crippen LogP contribution in [-0.4, -0.2) is 55.5 Å². The fourth-order valence-corrected chi connectivity index (χ4v) is 7.84. The molecular formula is C75H116O9. The third kappa shape index (κ3) is 53.9. The molecule has 0 spiro atoms. The van der Waals surface area contributed by atoms with Gasteiger partial charge in [-0.2, -0.15) is 0 Å². The van der Waals surface area contributed by atoms with E-state index in [1.54, 1.807) is 0 Å². The van der Waals surface area contributed by atoms with Crippen molar-refractivity contribution < 1.29 is 42.8 Å². The summed E-state index contributed by atoms with van der Waals surface area (Å²) in [5.74, 6) is -1.90. The van der Waals surface area contributed by atoms with Gasteiger partial charge in [0.05, 0.1) is 18.8 Å². The summed E-state index contributed by atoms with van der Waals surface area (Å²) in [6.45, 7) is 11.2. The highest BCUT2D eigenvalue weighted by Crippen LogP contribution is 2.13. The van der Waals surface area contributed by atoms with Crippen molar-refractivity contribution in [2.45, 2.75) is 259 Å². The summed E-state index contributed by atoms with van der Waals surface area (Å²) in [4.78, 5) is 40.1. The third-order valence-corrected chi connectivity index (χ3v) is 12.8. The molecule has 84 heavy (non-hydrogen) atoms. The Kier molecular flexibility index (Phi) is 59.8. The number of allylic oxidation sites excluding steroid dienone is 27. The quantitative estimate of drug-likeness (QED) is 0.0193. The lowest BCUT2D eigenvalue weighted by Crippen LogP contribution is -2.37. The molecule has 0 amide bonds. The standard InChI is InChI=1S/C75H116O9/c1-7-13-16-19-22-25-28-31-34-37-40-43-46-49-52-55-58-61-64-79-70(10-4)73(76)82-67-69(84-75(78)72(12-6)81-66-63-60-57-54-51-48-45-42-39-36-33-30-27-24-21-18-15-9-3)68-83-74(77)71(11-5)80-65-62-59-56-53-50-47-44-41-38-35-32-29-26-23-20-17-14-8-2/h13-18,22-27,40-45,49-54,61-66,69-72H,7-12,19-21,28-39,46-48,55-60,67-68H2,1-6H3/b16-13-,17-14-,18-15-,25-22-,26-23-,27-24-,43-40-,44-41-,45-42-,52-49-,53-50-,54-51-,64-61+,65-62+,66-63+. The summed E-state index contributed by atoms with van der Waals surface area (Å²) in [6.07, 6.45) is 88.5. The molecule has 0 saturated carbocycles. The minimum Gasteiger partial charge on any atom is -0.487 e. The Balaban J connectivity index is 5.22. The highest BCUT2D eigenvalue weighted by atomic mass is 16.6. The molecule has 9 nitrogen and oxygen atoms in total. The monoisotopic (exact) mass is 1160 g/mol. The van der Waals surface area contributed by atoms with E-state index in [-0.39, 0.29) is 13.2 Å². The van der Waals surface area contributed by atoms with Crippen LogP contribution in [0.4, 0.5) is 0 Å². The molecule has 0 radical (unpaired) electrons. The fraction of sp³-hybridized carbons (Fsp3) is 0.560. The largest absolute Gasteiger partial charge is 0.487 e. The number of unbranched alkanes of at least 4 members (excludes halogenated alkanes) is 12. The van der Waals surface area contributed by atoms with Crippen molar-refractivity contribution in [3.63, 3.8) is 0 Å². The van der Waals surface area contributed by atoms with E-state index < -0.39 is 42.3 Å². The molecule has 3 atom stereocenters. The van der Waals surface area contributed by atoms with Crippen molar-refractivity contribution in [3.8, 4) is 0 Å². The van der Waals surface area contributed by atoms with Gasteiger partial charge in [0, 0.05) is 0 Å². The normalized spacial score (nSPS) is 14.4. The molecule has 9 heteroatoms. The van der Waals surface area contributed by atoms with Crippen LogP contribution in [0.1, 0.15) is 234 Å². The Bertz CT molecular complexity index is 1920.